The minimum atomic E-state index is -0.0912. The van der Waals surface area contributed by atoms with Crippen LogP contribution in [0.25, 0.3) is 0 Å². The molecule has 2 heterocycles. The monoisotopic (exact) mass is 353 g/mol. The van der Waals surface area contributed by atoms with Gasteiger partial charge in [-0.05, 0) is 24.5 Å². The summed E-state index contributed by atoms with van der Waals surface area (Å²) < 4.78 is 10.4. The molecule has 0 N–H and O–H groups in total. The van der Waals surface area contributed by atoms with Crippen LogP contribution in [-0.2, 0) is 10.5 Å². The average molecular weight is 354 g/mol. The van der Waals surface area contributed by atoms with Gasteiger partial charge >= 0.3 is 0 Å². The number of benzene rings is 1. The Labute approximate surface area is 143 Å². The molecule has 1 saturated heterocycles. The summed E-state index contributed by atoms with van der Waals surface area (Å²) in [5.41, 5.74) is 0.743. The van der Waals surface area contributed by atoms with Crippen molar-refractivity contribution >= 4 is 35.0 Å². The van der Waals surface area contributed by atoms with Crippen molar-refractivity contribution in [2.45, 2.75) is 18.1 Å². The van der Waals surface area contributed by atoms with Crippen LogP contribution in [0.5, 0.6) is 5.75 Å². The molecule has 3 rings (SSSR count). The number of carbonyl (C=O) groups excluding carboxylic acids is 1. The van der Waals surface area contributed by atoms with Crippen LogP contribution in [0, 0.1) is 0 Å². The fourth-order valence-electron chi connectivity index (χ4n) is 2.57. The van der Waals surface area contributed by atoms with Crippen molar-refractivity contribution in [2.24, 2.45) is 0 Å². The van der Waals surface area contributed by atoms with Gasteiger partial charge in [0.05, 0.1) is 23.8 Å². The normalized spacial score (nSPS) is 17.8. The lowest BCUT2D eigenvalue weighted by molar-refractivity contribution is -0.117. The van der Waals surface area contributed by atoms with E-state index in [1.165, 1.54) is 0 Å². The van der Waals surface area contributed by atoms with Gasteiger partial charge in [0.15, 0.2) is 5.82 Å². The minimum absolute atomic E-state index is 0.0147. The van der Waals surface area contributed by atoms with Crippen molar-refractivity contribution in [2.75, 3.05) is 24.8 Å². The highest BCUT2D eigenvalue weighted by atomic mass is 35.5. The Balaban J connectivity index is 1.77. The molecule has 1 aromatic heterocycles. The molecular formula is C15H16ClN3O3S. The number of thioether (sulfide) groups is 1. The Morgan fingerprint density at radius 3 is 3.04 bits per heavy atom. The summed E-state index contributed by atoms with van der Waals surface area (Å²) in [4.78, 5) is 18.4. The smallest absolute Gasteiger partial charge is 0.232 e. The summed E-state index contributed by atoms with van der Waals surface area (Å²) in [7, 11) is 1.56. The second kappa shape index (κ2) is 6.80. The zero-order valence-electron chi connectivity index (χ0n) is 12.8. The third-order valence-corrected chi connectivity index (χ3v) is 4.52. The Hall–Kier alpha value is -1.73. The predicted molar refractivity (Wildman–Crippen MR) is 89.2 cm³/mol. The van der Waals surface area contributed by atoms with Gasteiger partial charge in [0, 0.05) is 18.7 Å². The topological polar surface area (TPSA) is 68.5 Å². The highest BCUT2D eigenvalue weighted by molar-refractivity contribution is 7.97. The van der Waals surface area contributed by atoms with Gasteiger partial charge in [0.25, 0.3) is 0 Å². The molecule has 2 aromatic rings. The Morgan fingerprint density at radius 1 is 1.52 bits per heavy atom. The molecule has 0 spiro atoms. The Bertz CT molecular complexity index is 722. The third kappa shape index (κ3) is 3.30. The molecule has 1 aromatic carbocycles. The molecule has 23 heavy (non-hydrogen) atoms. The van der Waals surface area contributed by atoms with Crippen molar-refractivity contribution < 1.29 is 14.1 Å². The second-order valence-electron chi connectivity index (χ2n) is 5.21. The number of halogens is 1. The number of methoxy groups -OCH3 is 1. The van der Waals surface area contributed by atoms with Crippen LogP contribution in [0.4, 0.5) is 5.69 Å². The molecule has 1 aliphatic heterocycles. The molecule has 0 aliphatic carbocycles. The molecule has 6 nitrogen and oxygen atoms in total. The van der Waals surface area contributed by atoms with Gasteiger partial charge in [-0.15, -0.1) is 0 Å². The molecular weight excluding hydrogens is 338 g/mol. The summed E-state index contributed by atoms with van der Waals surface area (Å²) in [5, 5.41) is 4.41. The van der Waals surface area contributed by atoms with Crippen LogP contribution in [0.15, 0.2) is 22.7 Å². The zero-order valence-corrected chi connectivity index (χ0v) is 14.4. The van der Waals surface area contributed by atoms with E-state index >= 15 is 0 Å². The minimum Gasteiger partial charge on any atom is -0.495 e. The van der Waals surface area contributed by atoms with Gasteiger partial charge in [-0.25, -0.2) is 0 Å². The number of aromatic nitrogens is 2. The van der Waals surface area contributed by atoms with Gasteiger partial charge in [0.1, 0.15) is 5.75 Å². The van der Waals surface area contributed by atoms with Gasteiger partial charge in [0.2, 0.25) is 11.8 Å². The number of anilines is 1. The Morgan fingerprint density at radius 2 is 2.35 bits per heavy atom. The molecule has 1 fully saturated rings. The van der Waals surface area contributed by atoms with Crippen LogP contribution in [0.2, 0.25) is 5.02 Å². The van der Waals surface area contributed by atoms with Gasteiger partial charge in [-0.3, -0.25) is 4.79 Å². The van der Waals surface area contributed by atoms with Crippen LogP contribution in [0.3, 0.4) is 0 Å². The summed E-state index contributed by atoms with van der Waals surface area (Å²) in [6.07, 6.45) is 2.33. The van der Waals surface area contributed by atoms with Crippen molar-refractivity contribution in [3.63, 3.8) is 0 Å². The van der Waals surface area contributed by atoms with E-state index in [1.807, 2.05) is 12.3 Å². The van der Waals surface area contributed by atoms with Crippen LogP contribution >= 0.6 is 23.4 Å². The van der Waals surface area contributed by atoms with Crippen molar-refractivity contribution in [3.8, 4) is 5.75 Å². The van der Waals surface area contributed by atoms with E-state index in [9.17, 15) is 4.79 Å². The molecule has 0 bridgehead atoms. The first kappa shape index (κ1) is 16.1. The SMILES string of the molecule is COc1ccc(N2CC(c3nc(CSC)no3)CC2=O)cc1Cl. The number of hydrogen-bond acceptors (Lipinski definition) is 6. The maximum atomic E-state index is 12.3. The summed E-state index contributed by atoms with van der Waals surface area (Å²) in [5.74, 6) is 2.38. The molecule has 1 atom stereocenters. The third-order valence-electron chi connectivity index (χ3n) is 3.68. The lowest BCUT2D eigenvalue weighted by Gasteiger charge is -2.17. The van der Waals surface area contributed by atoms with Crippen molar-refractivity contribution in [1.82, 2.24) is 10.1 Å². The fourth-order valence-corrected chi connectivity index (χ4v) is 3.19. The zero-order chi connectivity index (χ0) is 16.4. The first-order valence-electron chi connectivity index (χ1n) is 7.07. The standard InChI is InChI=1S/C15H16ClN3O3S/c1-21-12-4-3-10(6-11(12)16)19-7-9(5-14(19)20)15-17-13(8-23-2)18-22-15/h3-4,6,9H,5,7-8H2,1-2H3. The van der Waals surface area contributed by atoms with Crippen LogP contribution in [0.1, 0.15) is 24.1 Å². The largest absolute Gasteiger partial charge is 0.495 e. The second-order valence-corrected chi connectivity index (χ2v) is 6.48. The van der Waals surface area contributed by atoms with E-state index < -0.39 is 0 Å². The van der Waals surface area contributed by atoms with E-state index in [0.29, 0.717) is 41.2 Å². The molecule has 122 valence electrons. The highest BCUT2D eigenvalue weighted by Crippen LogP contribution is 2.34. The fraction of sp³-hybridized carbons (Fsp3) is 0.400. The average Bonchev–Trinajstić information content (AvgIpc) is 3.14. The van der Waals surface area contributed by atoms with Gasteiger partial charge in [-0.2, -0.15) is 16.7 Å². The highest BCUT2D eigenvalue weighted by Gasteiger charge is 2.35. The van der Waals surface area contributed by atoms with E-state index in [1.54, 1.807) is 35.9 Å². The summed E-state index contributed by atoms with van der Waals surface area (Å²) >= 11 is 7.77. The molecule has 1 aliphatic rings. The number of rotatable bonds is 5. The number of amides is 1. The van der Waals surface area contributed by atoms with Crippen molar-refractivity contribution in [3.05, 3.63) is 34.9 Å². The number of nitrogens with zero attached hydrogens (tertiary/aromatic N) is 3. The first-order valence-corrected chi connectivity index (χ1v) is 8.85. The quantitative estimate of drug-likeness (QED) is 0.822. The van der Waals surface area contributed by atoms with Crippen molar-refractivity contribution in [1.29, 1.82) is 0 Å². The number of hydrogen-bond donors (Lipinski definition) is 0. The predicted octanol–water partition coefficient (Wildman–Crippen LogP) is 3.12. The molecule has 1 unspecified atom stereocenters. The Kier molecular flexibility index (Phi) is 4.77. The van der Waals surface area contributed by atoms with E-state index in [4.69, 9.17) is 20.9 Å². The summed E-state index contributed by atoms with van der Waals surface area (Å²) in [6.45, 7) is 0.502. The maximum Gasteiger partial charge on any atom is 0.232 e. The molecule has 0 radical (unpaired) electrons. The van der Waals surface area contributed by atoms with Gasteiger partial charge < -0.3 is 14.2 Å². The van der Waals surface area contributed by atoms with E-state index in [-0.39, 0.29) is 11.8 Å². The van der Waals surface area contributed by atoms with Gasteiger partial charge in [-0.1, -0.05) is 16.8 Å². The molecule has 0 saturated carbocycles. The summed E-state index contributed by atoms with van der Waals surface area (Å²) in [6, 6.07) is 5.30. The van der Waals surface area contributed by atoms with Crippen LogP contribution < -0.4 is 9.64 Å². The lowest BCUT2D eigenvalue weighted by Crippen LogP contribution is -2.24. The first-order chi connectivity index (χ1) is 11.1. The molecule has 8 heteroatoms. The van der Waals surface area contributed by atoms with Crippen LogP contribution in [-0.4, -0.2) is 36.0 Å². The maximum absolute atomic E-state index is 12.3. The lowest BCUT2D eigenvalue weighted by atomic mass is 10.1. The number of carbonyl (C=O) groups is 1. The van der Waals surface area contributed by atoms with E-state index in [2.05, 4.69) is 10.1 Å². The van der Waals surface area contributed by atoms with E-state index in [0.717, 1.165) is 5.69 Å². The number of ether oxygens (including phenoxy) is 1. The molecule has 1 amide bonds.